The van der Waals surface area contributed by atoms with E-state index < -0.39 is 4.92 Å². The normalized spacial score (nSPS) is 10.5. The number of halogens is 1. The zero-order valence-corrected chi connectivity index (χ0v) is 18.6. The molecule has 8 nitrogen and oxygen atoms in total. The number of non-ortho nitro benzene ring substituents is 1. The molecule has 0 fully saturated rings. The Bertz CT molecular complexity index is 1090. The van der Waals surface area contributed by atoms with Crippen LogP contribution in [0.3, 0.4) is 0 Å². The minimum atomic E-state index is -0.454. The van der Waals surface area contributed by atoms with Crippen LogP contribution < -0.4 is 14.8 Å². The molecule has 10 heteroatoms. The number of nitro groups is 1. The number of rotatable bonds is 8. The Morgan fingerprint density at radius 3 is 2.67 bits per heavy atom. The molecule has 1 amide bonds. The molecule has 0 bridgehead atoms. The lowest BCUT2D eigenvalue weighted by Crippen LogP contribution is -2.12. The SMILES string of the molecule is COc1cc(Br)c(CCC(=O)Nc2nc(-c3cccc([N+](=O)[O-])c3)cs2)cc1OC. The van der Waals surface area contributed by atoms with Crippen LogP contribution in [-0.2, 0) is 11.2 Å². The number of nitro benzene ring substituents is 1. The number of thiazole rings is 1. The van der Waals surface area contributed by atoms with Crippen molar-refractivity contribution in [3.05, 3.63) is 61.9 Å². The zero-order valence-electron chi connectivity index (χ0n) is 16.2. The second-order valence-corrected chi connectivity index (χ2v) is 7.90. The maximum absolute atomic E-state index is 12.4. The van der Waals surface area contributed by atoms with Crippen LogP contribution in [0.5, 0.6) is 11.5 Å². The molecule has 0 unspecified atom stereocenters. The lowest BCUT2D eigenvalue weighted by atomic mass is 10.1. The molecule has 1 aromatic heterocycles. The van der Waals surface area contributed by atoms with Gasteiger partial charge in [-0.1, -0.05) is 28.1 Å². The first-order valence-electron chi connectivity index (χ1n) is 8.82. The van der Waals surface area contributed by atoms with Gasteiger partial charge in [0.05, 0.1) is 24.8 Å². The van der Waals surface area contributed by atoms with Crippen LogP contribution in [0.4, 0.5) is 10.8 Å². The van der Waals surface area contributed by atoms with E-state index in [1.807, 2.05) is 6.07 Å². The van der Waals surface area contributed by atoms with Gasteiger partial charge < -0.3 is 14.8 Å². The van der Waals surface area contributed by atoms with Gasteiger partial charge in [-0.05, 0) is 24.1 Å². The Labute approximate surface area is 185 Å². The fraction of sp³-hybridized carbons (Fsp3) is 0.200. The first-order chi connectivity index (χ1) is 14.4. The smallest absolute Gasteiger partial charge is 0.270 e. The maximum Gasteiger partial charge on any atom is 0.270 e. The van der Waals surface area contributed by atoms with Crippen LogP contribution in [0, 0.1) is 10.1 Å². The highest BCUT2D eigenvalue weighted by Crippen LogP contribution is 2.34. The molecule has 156 valence electrons. The van der Waals surface area contributed by atoms with Crippen molar-refractivity contribution >= 4 is 44.0 Å². The molecular formula is C20H18BrN3O5S. The maximum atomic E-state index is 12.4. The summed E-state index contributed by atoms with van der Waals surface area (Å²) in [5.41, 5.74) is 2.10. The number of carbonyl (C=O) groups excluding carboxylic acids is 1. The molecule has 30 heavy (non-hydrogen) atoms. The third kappa shape index (κ3) is 5.14. The molecule has 0 aliphatic heterocycles. The molecule has 3 rings (SSSR count). The van der Waals surface area contributed by atoms with E-state index in [4.69, 9.17) is 9.47 Å². The Morgan fingerprint density at radius 2 is 1.97 bits per heavy atom. The van der Waals surface area contributed by atoms with E-state index in [1.165, 1.54) is 23.5 Å². The van der Waals surface area contributed by atoms with Crippen LogP contribution in [0.1, 0.15) is 12.0 Å². The number of methoxy groups -OCH3 is 2. The minimum absolute atomic E-state index is 0.00779. The third-order valence-corrected chi connectivity index (χ3v) is 5.77. The fourth-order valence-corrected chi connectivity index (χ4v) is 4.02. The molecule has 0 saturated carbocycles. The quantitative estimate of drug-likeness (QED) is 0.348. The lowest BCUT2D eigenvalue weighted by molar-refractivity contribution is -0.384. The highest BCUT2D eigenvalue weighted by molar-refractivity contribution is 9.10. The predicted molar refractivity (Wildman–Crippen MR) is 118 cm³/mol. The summed E-state index contributed by atoms with van der Waals surface area (Å²) in [6.07, 6.45) is 0.746. The van der Waals surface area contributed by atoms with Crippen molar-refractivity contribution in [2.45, 2.75) is 12.8 Å². The van der Waals surface area contributed by atoms with E-state index in [1.54, 1.807) is 37.8 Å². The minimum Gasteiger partial charge on any atom is -0.493 e. The summed E-state index contributed by atoms with van der Waals surface area (Å²) in [5.74, 6) is 1.02. The number of nitrogens with zero attached hydrogens (tertiary/aromatic N) is 2. The number of aryl methyl sites for hydroxylation is 1. The summed E-state index contributed by atoms with van der Waals surface area (Å²) in [7, 11) is 3.12. The van der Waals surface area contributed by atoms with Gasteiger partial charge in [-0.2, -0.15) is 0 Å². The van der Waals surface area contributed by atoms with Gasteiger partial charge in [0, 0.05) is 34.0 Å². The van der Waals surface area contributed by atoms with Gasteiger partial charge in [-0.15, -0.1) is 11.3 Å². The average Bonchev–Trinajstić information content (AvgIpc) is 3.21. The van der Waals surface area contributed by atoms with E-state index in [0.717, 1.165) is 10.0 Å². The molecule has 0 radical (unpaired) electrons. The van der Waals surface area contributed by atoms with E-state index in [-0.39, 0.29) is 18.0 Å². The molecule has 0 aliphatic carbocycles. The Morgan fingerprint density at radius 1 is 1.23 bits per heavy atom. The highest BCUT2D eigenvalue weighted by atomic mass is 79.9. The van der Waals surface area contributed by atoms with Crippen molar-refractivity contribution in [2.75, 3.05) is 19.5 Å². The van der Waals surface area contributed by atoms with E-state index in [9.17, 15) is 14.9 Å². The van der Waals surface area contributed by atoms with Crippen molar-refractivity contribution in [2.24, 2.45) is 0 Å². The van der Waals surface area contributed by atoms with Gasteiger partial charge in [0.15, 0.2) is 16.6 Å². The van der Waals surface area contributed by atoms with Gasteiger partial charge in [0.25, 0.3) is 5.69 Å². The fourth-order valence-electron chi connectivity index (χ4n) is 2.76. The number of aromatic nitrogens is 1. The van der Waals surface area contributed by atoms with Crippen LogP contribution >= 0.6 is 27.3 Å². The number of nitrogens with one attached hydrogen (secondary N) is 1. The van der Waals surface area contributed by atoms with Crippen LogP contribution in [0.2, 0.25) is 0 Å². The molecule has 1 heterocycles. The number of ether oxygens (including phenoxy) is 2. The summed E-state index contributed by atoms with van der Waals surface area (Å²) in [6.45, 7) is 0. The first kappa shape index (κ1) is 21.7. The van der Waals surface area contributed by atoms with Crippen molar-refractivity contribution in [1.29, 1.82) is 0 Å². The van der Waals surface area contributed by atoms with Gasteiger partial charge >= 0.3 is 0 Å². The Hall–Kier alpha value is -2.98. The highest BCUT2D eigenvalue weighted by Gasteiger charge is 2.14. The summed E-state index contributed by atoms with van der Waals surface area (Å²) >= 11 is 4.75. The molecule has 3 aromatic rings. The largest absolute Gasteiger partial charge is 0.493 e. The van der Waals surface area contributed by atoms with E-state index in [2.05, 4.69) is 26.2 Å². The van der Waals surface area contributed by atoms with Crippen molar-refractivity contribution in [3.8, 4) is 22.8 Å². The van der Waals surface area contributed by atoms with Gasteiger partial charge in [0.2, 0.25) is 5.91 Å². The van der Waals surface area contributed by atoms with Gasteiger partial charge in [0.1, 0.15) is 0 Å². The standard InChI is InChI=1S/C20H18BrN3O5S/c1-28-17-9-12(15(21)10-18(17)29-2)6-7-19(25)23-20-22-16(11-30-20)13-4-3-5-14(8-13)24(26)27/h3-5,8-11H,6-7H2,1-2H3,(H,22,23,25). The number of carbonyl (C=O) groups is 1. The molecule has 2 aromatic carbocycles. The zero-order chi connectivity index (χ0) is 21.7. The van der Waals surface area contributed by atoms with Gasteiger partial charge in [-0.25, -0.2) is 4.98 Å². The number of hydrogen-bond acceptors (Lipinski definition) is 7. The molecule has 0 saturated heterocycles. The van der Waals surface area contributed by atoms with Crippen LogP contribution in [0.25, 0.3) is 11.3 Å². The summed E-state index contributed by atoms with van der Waals surface area (Å²) in [6, 6.07) is 9.85. The van der Waals surface area contributed by atoms with Crippen LogP contribution in [-0.4, -0.2) is 30.0 Å². The molecule has 0 aliphatic rings. The topological polar surface area (TPSA) is 104 Å². The molecular weight excluding hydrogens is 474 g/mol. The molecule has 1 N–H and O–H groups in total. The number of anilines is 1. The Kier molecular flexibility index (Phi) is 7.01. The predicted octanol–water partition coefficient (Wildman–Crippen LogP) is 5.07. The van der Waals surface area contributed by atoms with Gasteiger partial charge in [-0.3, -0.25) is 14.9 Å². The Balaban J connectivity index is 1.64. The molecule has 0 spiro atoms. The summed E-state index contributed by atoms with van der Waals surface area (Å²) in [5, 5.41) is 15.9. The lowest BCUT2D eigenvalue weighted by Gasteiger charge is -2.11. The van der Waals surface area contributed by atoms with Crippen molar-refractivity contribution in [3.63, 3.8) is 0 Å². The summed E-state index contributed by atoms with van der Waals surface area (Å²) < 4.78 is 11.4. The van der Waals surface area contributed by atoms with Crippen LogP contribution in [0.15, 0.2) is 46.3 Å². The first-order valence-corrected chi connectivity index (χ1v) is 10.5. The van der Waals surface area contributed by atoms with E-state index in [0.29, 0.717) is 34.3 Å². The average molecular weight is 492 g/mol. The summed E-state index contributed by atoms with van der Waals surface area (Å²) in [4.78, 5) is 27.2. The second-order valence-electron chi connectivity index (χ2n) is 6.19. The third-order valence-electron chi connectivity index (χ3n) is 4.28. The number of benzene rings is 2. The monoisotopic (exact) mass is 491 g/mol. The number of amides is 1. The van der Waals surface area contributed by atoms with E-state index >= 15 is 0 Å². The molecule has 0 atom stereocenters. The van der Waals surface area contributed by atoms with Crippen molar-refractivity contribution in [1.82, 2.24) is 4.98 Å². The second kappa shape index (κ2) is 9.68. The van der Waals surface area contributed by atoms with Crippen molar-refractivity contribution < 1.29 is 19.2 Å². The number of hydrogen-bond donors (Lipinski definition) is 1.